The largest absolute Gasteiger partial charge is 0.381 e. The van der Waals surface area contributed by atoms with E-state index in [1.54, 1.807) is 7.11 Å². The molecule has 0 aliphatic heterocycles. The third kappa shape index (κ3) is 3.28. The van der Waals surface area contributed by atoms with E-state index in [1.165, 1.54) is 0 Å². The summed E-state index contributed by atoms with van der Waals surface area (Å²) in [4.78, 5) is 4.28. The Kier molecular flexibility index (Phi) is 4.89. The Morgan fingerprint density at radius 1 is 1.44 bits per heavy atom. The standard InChI is InChI=1S/C11H21N3O2/c1-5-7(2)10(12)11-13-9(14-16-11)6-8(3)15-4/h7-8,10H,5-6,12H2,1-4H3/t7?,8?,10-/m0/s1. The summed E-state index contributed by atoms with van der Waals surface area (Å²) in [5.74, 6) is 1.52. The molecule has 2 unspecified atom stereocenters. The summed E-state index contributed by atoms with van der Waals surface area (Å²) in [5, 5.41) is 3.90. The number of hydrogen-bond donors (Lipinski definition) is 1. The van der Waals surface area contributed by atoms with Crippen LogP contribution in [0.5, 0.6) is 0 Å². The third-order valence-corrected chi connectivity index (χ3v) is 2.90. The zero-order valence-electron chi connectivity index (χ0n) is 10.4. The molecule has 0 bridgehead atoms. The molecule has 5 nitrogen and oxygen atoms in total. The zero-order chi connectivity index (χ0) is 12.1. The van der Waals surface area contributed by atoms with Gasteiger partial charge in [-0.25, -0.2) is 0 Å². The van der Waals surface area contributed by atoms with Crippen LogP contribution in [0.4, 0.5) is 0 Å². The smallest absolute Gasteiger partial charge is 0.243 e. The molecule has 0 fully saturated rings. The maximum Gasteiger partial charge on any atom is 0.243 e. The van der Waals surface area contributed by atoms with Gasteiger partial charge >= 0.3 is 0 Å². The van der Waals surface area contributed by atoms with Gasteiger partial charge in [-0.05, 0) is 12.8 Å². The van der Waals surface area contributed by atoms with Crippen molar-refractivity contribution in [3.63, 3.8) is 0 Å². The van der Waals surface area contributed by atoms with E-state index in [4.69, 9.17) is 15.0 Å². The van der Waals surface area contributed by atoms with Crippen LogP contribution in [0.2, 0.25) is 0 Å². The minimum Gasteiger partial charge on any atom is -0.381 e. The molecule has 0 aromatic carbocycles. The van der Waals surface area contributed by atoms with Gasteiger partial charge in [0.25, 0.3) is 0 Å². The van der Waals surface area contributed by atoms with Crippen LogP contribution in [0.3, 0.4) is 0 Å². The van der Waals surface area contributed by atoms with E-state index < -0.39 is 0 Å². The molecule has 0 aliphatic rings. The predicted octanol–water partition coefficient (Wildman–Crippen LogP) is 1.69. The zero-order valence-corrected chi connectivity index (χ0v) is 10.4. The van der Waals surface area contributed by atoms with Crippen LogP contribution in [0.1, 0.15) is 44.9 Å². The molecular formula is C11H21N3O2. The molecule has 1 heterocycles. The summed E-state index contributed by atoms with van der Waals surface area (Å²) >= 11 is 0. The summed E-state index contributed by atoms with van der Waals surface area (Å²) in [6.45, 7) is 6.13. The summed E-state index contributed by atoms with van der Waals surface area (Å²) in [6.07, 6.45) is 1.73. The van der Waals surface area contributed by atoms with Gasteiger partial charge in [0, 0.05) is 13.5 Å². The van der Waals surface area contributed by atoms with Crippen molar-refractivity contribution >= 4 is 0 Å². The van der Waals surface area contributed by atoms with Gasteiger partial charge in [-0.3, -0.25) is 0 Å². The van der Waals surface area contributed by atoms with Crippen molar-refractivity contribution in [3.05, 3.63) is 11.7 Å². The second-order valence-corrected chi connectivity index (χ2v) is 4.21. The highest BCUT2D eigenvalue weighted by Gasteiger charge is 2.20. The van der Waals surface area contributed by atoms with Crippen molar-refractivity contribution in [2.24, 2.45) is 11.7 Å². The molecule has 1 rings (SSSR count). The van der Waals surface area contributed by atoms with Crippen LogP contribution < -0.4 is 5.73 Å². The molecule has 1 aromatic heterocycles. The molecule has 2 N–H and O–H groups in total. The summed E-state index contributed by atoms with van der Waals surface area (Å²) in [6, 6.07) is -0.177. The minimum atomic E-state index is -0.177. The van der Waals surface area contributed by atoms with Gasteiger partial charge in [-0.15, -0.1) is 0 Å². The van der Waals surface area contributed by atoms with Crippen LogP contribution in [-0.4, -0.2) is 23.4 Å². The van der Waals surface area contributed by atoms with Crippen LogP contribution >= 0.6 is 0 Å². The molecule has 3 atom stereocenters. The van der Waals surface area contributed by atoms with E-state index in [2.05, 4.69) is 24.0 Å². The Morgan fingerprint density at radius 2 is 2.12 bits per heavy atom. The molecule has 16 heavy (non-hydrogen) atoms. The lowest BCUT2D eigenvalue weighted by Crippen LogP contribution is -2.19. The average Bonchev–Trinajstić information content (AvgIpc) is 2.75. The summed E-state index contributed by atoms with van der Waals surface area (Å²) in [7, 11) is 1.66. The molecule has 0 radical (unpaired) electrons. The maximum absolute atomic E-state index is 6.00. The van der Waals surface area contributed by atoms with E-state index in [-0.39, 0.29) is 12.1 Å². The first kappa shape index (κ1) is 13.1. The fourth-order valence-electron chi connectivity index (χ4n) is 1.32. The van der Waals surface area contributed by atoms with E-state index in [0.717, 1.165) is 6.42 Å². The van der Waals surface area contributed by atoms with E-state index >= 15 is 0 Å². The molecular weight excluding hydrogens is 206 g/mol. The molecule has 0 saturated carbocycles. The fraction of sp³-hybridized carbons (Fsp3) is 0.818. The van der Waals surface area contributed by atoms with Crippen molar-refractivity contribution in [2.75, 3.05) is 7.11 Å². The first-order valence-corrected chi connectivity index (χ1v) is 5.69. The molecule has 0 spiro atoms. The minimum absolute atomic E-state index is 0.0882. The normalized spacial score (nSPS) is 17.1. The summed E-state index contributed by atoms with van der Waals surface area (Å²) < 4.78 is 10.3. The van der Waals surface area contributed by atoms with Crippen molar-refractivity contribution in [2.45, 2.75) is 45.8 Å². The number of methoxy groups -OCH3 is 1. The SMILES string of the molecule is CCC(C)[C@H](N)c1nc(CC(C)OC)no1. The number of aromatic nitrogens is 2. The third-order valence-electron chi connectivity index (χ3n) is 2.90. The van der Waals surface area contributed by atoms with Crippen LogP contribution in [0.25, 0.3) is 0 Å². The Labute approximate surface area is 96.4 Å². The van der Waals surface area contributed by atoms with Crippen LogP contribution in [0.15, 0.2) is 4.52 Å². The van der Waals surface area contributed by atoms with Crippen molar-refractivity contribution in [1.82, 2.24) is 10.1 Å². The van der Waals surface area contributed by atoms with Gasteiger partial charge in [0.15, 0.2) is 5.82 Å². The fourth-order valence-corrected chi connectivity index (χ4v) is 1.32. The number of nitrogens with two attached hydrogens (primary N) is 1. The lowest BCUT2D eigenvalue weighted by atomic mass is 10.0. The van der Waals surface area contributed by atoms with Gasteiger partial charge in [-0.2, -0.15) is 4.98 Å². The van der Waals surface area contributed by atoms with Crippen LogP contribution in [-0.2, 0) is 11.2 Å². The molecule has 1 aromatic rings. The number of nitrogens with zero attached hydrogens (tertiary/aromatic N) is 2. The monoisotopic (exact) mass is 227 g/mol. The first-order valence-electron chi connectivity index (χ1n) is 5.69. The van der Waals surface area contributed by atoms with Crippen molar-refractivity contribution in [3.8, 4) is 0 Å². The lowest BCUT2D eigenvalue weighted by Gasteiger charge is -2.13. The second-order valence-electron chi connectivity index (χ2n) is 4.21. The Balaban J connectivity index is 2.63. The maximum atomic E-state index is 6.00. The van der Waals surface area contributed by atoms with E-state index in [0.29, 0.717) is 24.1 Å². The average molecular weight is 227 g/mol. The van der Waals surface area contributed by atoms with Gasteiger partial charge in [-0.1, -0.05) is 25.4 Å². The molecule has 5 heteroatoms. The van der Waals surface area contributed by atoms with Crippen LogP contribution in [0, 0.1) is 5.92 Å². The first-order chi connectivity index (χ1) is 7.58. The topological polar surface area (TPSA) is 74.2 Å². The second kappa shape index (κ2) is 5.96. The van der Waals surface area contributed by atoms with Crippen molar-refractivity contribution < 1.29 is 9.26 Å². The Hall–Kier alpha value is -0.940. The predicted molar refractivity (Wildman–Crippen MR) is 60.9 cm³/mol. The molecule has 0 saturated heterocycles. The lowest BCUT2D eigenvalue weighted by molar-refractivity contribution is 0.116. The number of rotatable bonds is 6. The number of ether oxygens (including phenoxy) is 1. The van der Waals surface area contributed by atoms with Crippen molar-refractivity contribution in [1.29, 1.82) is 0 Å². The highest BCUT2D eigenvalue weighted by molar-refractivity contribution is 4.94. The van der Waals surface area contributed by atoms with Gasteiger partial charge in [0.05, 0.1) is 12.1 Å². The molecule has 0 aliphatic carbocycles. The molecule has 92 valence electrons. The van der Waals surface area contributed by atoms with E-state index in [9.17, 15) is 0 Å². The summed E-state index contributed by atoms with van der Waals surface area (Å²) in [5.41, 5.74) is 6.00. The van der Waals surface area contributed by atoms with Gasteiger partial charge < -0.3 is 15.0 Å². The Morgan fingerprint density at radius 3 is 2.69 bits per heavy atom. The highest BCUT2D eigenvalue weighted by atomic mass is 16.5. The highest BCUT2D eigenvalue weighted by Crippen LogP contribution is 2.20. The van der Waals surface area contributed by atoms with Gasteiger partial charge in [0.2, 0.25) is 5.89 Å². The van der Waals surface area contributed by atoms with Gasteiger partial charge in [0.1, 0.15) is 0 Å². The molecule has 0 amide bonds. The van der Waals surface area contributed by atoms with E-state index in [1.807, 2.05) is 6.92 Å². The quantitative estimate of drug-likeness (QED) is 0.800. The number of hydrogen-bond acceptors (Lipinski definition) is 5. The Bertz CT molecular complexity index is 314.